The number of rotatable bonds is 7. The maximum absolute atomic E-state index is 13.5. The quantitative estimate of drug-likeness (QED) is 0.175. The van der Waals surface area contributed by atoms with Gasteiger partial charge in [-0.3, -0.25) is 4.79 Å². The number of fused-ring (bicyclic) bond motifs is 2. The normalized spacial score (nSPS) is 14.5. The number of halogens is 4. The monoisotopic (exact) mass is 601 g/mol. The molecular weight excluding hydrogens is 574 g/mol. The van der Waals surface area contributed by atoms with E-state index in [4.69, 9.17) is 9.57 Å². The number of carbonyl (C=O) groups excluding carboxylic acids is 1. The van der Waals surface area contributed by atoms with Gasteiger partial charge in [0.2, 0.25) is 0 Å². The number of hydrogen-bond donors (Lipinski definition) is 0. The van der Waals surface area contributed by atoms with E-state index in [1.165, 1.54) is 31.2 Å². The molecule has 6 rings (SSSR count). The third-order valence-electron chi connectivity index (χ3n) is 7.46. The van der Waals surface area contributed by atoms with Crippen molar-refractivity contribution >= 4 is 28.2 Å². The van der Waals surface area contributed by atoms with Gasteiger partial charge < -0.3 is 14.5 Å². The smallest absolute Gasteiger partial charge is 0.416 e. The molecule has 1 aliphatic rings. The highest BCUT2D eigenvalue weighted by Crippen LogP contribution is 2.43. The van der Waals surface area contributed by atoms with Crippen LogP contribution in [0.15, 0.2) is 97.1 Å². The standard InChI is InChI=1S/C34H27F4N3O3/c1-21-40(19-23-3-5-24(6-4-23)25-7-10-27(11-8-25)34(36,37)38)32-16-14-30(18-33(32)41(21)44-22(2)42)43-20-29-13-9-26-17-28(35)12-15-31(26)39-29/h3-18,21H,19-20H2,1-2H3. The third kappa shape index (κ3) is 6.01. The molecule has 0 saturated heterocycles. The molecule has 1 unspecified atom stereocenters. The van der Waals surface area contributed by atoms with Crippen molar-refractivity contribution in [3.8, 4) is 16.9 Å². The van der Waals surface area contributed by atoms with Gasteiger partial charge in [-0.2, -0.15) is 18.2 Å². The zero-order chi connectivity index (χ0) is 31.0. The van der Waals surface area contributed by atoms with Gasteiger partial charge in [-0.15, -0.1) is 0 Å². The van der Waals surface area contributed by atoms with Crippen molar-refractivity contribution in [2.45, 2.75) is 39.3 Å². The van der Waals surface area contributed by atoms with Gasteiger partial charge in [0.15, 0.2) is 0 Å². The van der Waals surface area contributed by atoms with Gasteiger partial charge in [-0.05, 0) is 72.1 Å². The van der Waals surface area contributed by atoms with Crippen LogP contribution in [0.4, 0.5) is 28.9 Å². The number of aromatic nitrogens is 1. The first-order chi connectivity index (χ1) is 21.0. The minimum Gasteiger partial charge on any atom is -0.487 e. The summed E-state index contributed by atoms with van der Waals surface area (Å²) in [4.78, 5) is 24.2. The summed E-state index contributed by atoms with van der Waals surface area (Å²) in [5.74, 6) is -0.234. The Morgan fingerprint density at radius 3 is 2.25 bits per heavy atom. The summed E-state index contributed by atoms with van der Waals surface area (Å²) in [6, 6.07) is 26.2. The van der Waals surface area contributed by atoms with Crippen LogP contribution >= 0.6 is 0 Å². The molecule has 1 aliphatic heterocycles. The Kier molecular flexibility index (Phi) is 7.59. The van der Waals surface area contributed by atoms with Gasteiger partial charge in [-0.1, -0.05) is 42.5 Å². The number of alkyl halides is 3. The van der Waals surface area contributed by atoms with E-state index in [1.807, 2.05) is 43.3 Å². The van der Waals surface area contributed by atoms with Crippen LogP contribution in [-0.2, 0) is 29.0 Å². The third-order valence-corrected chi connectivity index (χ3v) is 7.46. The van der Waals surface area contributed by atoms with Crippen LogP contribution in [0.25, 0.3) is 22.0 Å². The summed E-state index contributed by atoms with van der Waals surface area (Å²) in [6.45, 7) is 3.93. The highest BCUT2D eigenvalue weighted by molar-refractivity contribution is 5.80. The van der Waals surface area contributed by atoms with Crippen molar-refractivity contribution in [2.75, 3.05) is 9.96 Å². The molecule has 10 heteroatoms. The van der Waals surface area contributed by atoms with Crippen LogP contribution in [0, 0.1) is 5.82 Å². The molecular formula is C34H27F4N3O3. The van der Waals surface area contributed by atoms with E-state index in [2.05, 4.69) is 9.88 Å². The number of hydroxylamine groups is 1. The average Bonchev–Trinajstić information content (AvgIpc) is 3.25. The predicted octanol–water partition coefficient (Wildman–Crippen LogP) is 8.29. The first-order valence-electron chi connectivity index (χ1n) is 13.9. The Morgan fingerprint density at radius 1 is 0.864 bits per heavy atom. The van der Waals surface area contributed by atoms with E-state index in [1.54, 1.807) is 29.3 Å². The molecule has 5 aromatic rings. The van der Waals surface area contributed by atoms with Gasteiger partial charge in [0.1, 0.15) is 30.0 Å². The molecule has 0 saturated carbocycles. The van der Waals surface area contributed by atoms with Gasteiger partial charge in [0, 0.05) is 24.9 Å². The van der Waals surface area contributed by atoms with E-state index >= 15 is 0 Å². The first-order valence-corrected chi connectivity index (χ1v) is 13.9. The van der Waals surface area contributed by atoms with Gasteiger partial charge in [0.25, 0.3) is 0 Å². The fraction of sp³-hybridized carbons (Fsp3) is 0.176. The maximum atomic E-state index is 13.5. The van der Waals surface area contributed by atoms with Crippen molar-refractivity contribution in [1.82, 2.24) is 4.98 Å². The Morgan fingerprint density at radius 2 is 1.57 bits per heavy atom. The molecule has 4 aromatic carbocycles. The van der Waals surface area contributed by atoms with Crippen LogP contribution in [0.2, 0.25) is 0 Å². The summed E-state index contributed by atoms with van der Waals surface area (Å²) in [6.07, 6.45) is -4.71. The van der Waals surface area contributed by atoms with Crippen molar-refractivity contribution in [3.05, 3.63) is 120 Å². The van der Waals surface area contributed by atoms with Gasteiger partial charge >= 0.3 is 12.1 Å². The average molecular weight is 602 g/mol. The number of nitrogens with zero attached hydrogens (tertiary/aromatic N) is 3. The zero-order valence-electron chi connectivity index (χ0n) is 23.8. The number of hydrogen-bond acceptors (Lipinski definition) is 6. The summed E-state index contributed by atoms with van der Waals surface area (Å²) in [5, 5.41) is 2.25. The Bertz CT molecular complexity index is 1830. The zero-order valence-corrected chi connectivity index (χ0v) is 23.8. The van der Waals surface area contributed by atoms with Gasteiger partial charge in [-0.25, -0.2) is 9.37 Å². The Balaban J connectivity index is 1.19. The van der Waals surface area contributed by atoms with Crippen LogP contribution in [0.5, 0.6) is 5.75 Å². The molecule has 0 amide bonds. The lowest BCUT2D eigenvalue weighted by molar-refractivity contribution is -0.143. The molecule has 1 aromatic heterocycles. The summed E-state index contributed by atoms with van der Waals surface area (Å²) in [5.41, 5.74) is 4.60. The lowest BCUT2D eigenvalue weighted by atomic mass is 10.0. The minimum absolute atomic E-state index is 0.185. The van der Waals surface area contributed by atoms with Crippen molar-refractivity contribution < 1.29 is 31.9 Å². The topological polar surface area (TPSA) is 54.9 Å². The largest absolute Gasteiger partial charge is 0.487 e. The lowest BCUT2D eigenvalue weighted by Gasteiger charge is -2.28. The van der Waals surface area contributed by atoms with Crippen LogP contribution < -0.4 is 14.7 Å². The highest BCUT2D eigenvalue weighted by atomic mass is 19.4. The molecule has 0 spiro atoms. The molecule has 2 heterocycles. The second-order valence-electron chi connectivity index (χ2n) is 10.5. The molecule has 0 N–H and O–H groups in total. The minimum atomic E-state index is -4.38. The predicted molar refractivity (Wildman–Crippen MR) is 159 cm³/mol. The Labute approximate surface area is 251 Å². The molecule has 44 heavy (non-hydrogen) atoms. The van der Waals surface area contributed by atoms with E-state index in [0.29, 0.717) is 40.1 Å². The molecule has 0 aliphatic carbocycles. The van der Waals surface area contributed by atoms with Crippen LogP contribution in [-0.4, -0.2) is 17.1 Å². The van der Waals surface area contributed by atoms with Crippen molar-refractivity contribution in [1.29, 1.82) is 0 Å². The molecule has 6 nitrogen and oxygen atoms in total. The van der Waals surface area contributed by atoms with Gasteiger partial charge in [0.05, 0.1) is 22.5 Å². The second kappa shape index (κ2) is 11.5. The number of carbonyl (C=O) groups is 1. The molecule has 224 valence electrons. The fourth-order valence-electron chi connectivity index (χ4n) is 5.25. The summed E-state index contributed by atoms with van der Waals surface area (Å²) in [7, 11) is 0. The van der Waals surface area contributed by atoms with E-state index in [-0.39, 0.29) is 18.6 Å². The molecule has 1 atom stereocenters. The van der Waals surface area contributed by atoms with E-state index in [9.17, 15) is 22.4 Å². The molecule has 0 fully saturated rings. The fourth-order valence-corrected chi connectivity index (χ4v) is 5.25. The van der Waals surface area contributed by atoms with Crippen LogP contribution in [0.3, 0.4) is 0 Å². The SMILES string of the molecule is CC(=O)ON1c2cc(OCc3ccc4cc(F)ccc4n3)ccc2N(Cc2ccc(-c3ccc(C(F)(F)F)cc3)cc2)C1C. The molecule has 0 bridgehead atoms. The summed E-state index contributed by atoms with van der Waals surface area (Å²) >= 11 is 0. The van der Waals surface area contributed by atoms with Crippen LogP contribution in [0.1, 0.15) is 30.7 Å². The number of anilines is 2. The first kappa shape index (κ1) is 29.0. The maximum Gasteiger partial charge on any atom is 0.416 e. The second-order valence-corrected chi connectivity index (χ2v) is 10.5. The number of pyridine rings is 1. The van der Waals surface area contributed by atoms with Crippen molar-refractivity contribution in [3.63, 3.8) is 0 Å². The lowest BCUT2D eigenvalue weighted by Crippen LogP contribution is -2.41. The number of ether oxygens (including phenoxy) is 1. The van der Waals surface area contributed by atoms with E-state index < -0.39 is 17.7 Å². The van der Waals surface area contributed by atoms with E-state index in [0.717, 1.165) is 28.9 Å². The molecule has 0 radical (unpaired) electrons. The van der Waals surface area contributed by atoms with Crippen molar-refractivity contribution in [2.24, 2.45) is 0 Å². The highest BCUT2D eigenvalue weighted by Gasteiger charge is 2.36. The number of benzene rings is 4. The summed E-state index contributed by atoms with van der Waals surface area (Å²) < 4.78 is 58.3. The Hall–Kier alpha value is -5.12.